The van der Waals surface area contributed by atoms with Crippen LogP contribution in [0, 0.1) is 5.92 Å². The van der Waals surface area contributed by atoms with Gasteiger partial charge in [-0.15, -0.1) is 0 Å². The number of benzene rings is 1. The largest absolute Gasteiger partial charge is 0.309 e. The van der Waals surface area contributed by atoms with Crippen molar-refractivity contribution >= 4 is 27.7 Å². The van der Waals surface area contributed by atoms with Gasteiger partial charge in [0.15, 0.2) is 5.82 Å². The zero-order valence-corrected chi connectivity index (χ0v) is 12.1. The monoisotopic (exact) mass is 319 g/mol. The summed E-state index contributed by atoms with van der Waals surface area (Å²) in [5, 5.41) is 7.01. The molecule has 1 saturated carbocycles. The zero-order chi connectivity index (χ0) is 13.4. The van der Waals surface area contributed by atoms with Crippen molar-refractivity contribution in [1.29, 1.82) is 0 Å². The van der Waals surface area contributed by atoms with E-state index in [1.54, 1.807) is 10.7 Å². The zero-order valence-electron chi connectivity index (χ0n) is 10.5. The molecule has 0 spiro atoms. The van der Waals surface area contributed by atoms with Crippen LogP contribution in [0.4, 0.5) is 5.82 Å². The van der Waals surface area contributed by atoms with E-state index in [0.717, 1.165) is 10.9 Å². The van der Waals surface area contributed by atoms with Crippen LogP contribution in [0.2, 0.25) is 0 Å². The number of rotatable bonds is 3. The Balaban J connectivity index is 1.64. The Morgan fingerprint density at radius 2 is 2.32 bits per heavy atom. The summed E-state index contributed by atoms with van der Waals surface area (Å²) < 4.78 is 2.73. The summed E-state index contributed by atoms with van der Waals surface area (Å²) in [6, 6.07) is 9.96. The number of aryl methyl sites for hydroxylation is 1. The van der Waals surface area contributed by atoms with Crippen LogP contribution in [-0.2, 0) is 11.8 Å². The molecule has 1 aromatic heterocycles. The average molecular weight is 320 g/mol. The fraction of sp³-hybridized carbons (Fsp3) is 0.286. The standard InChI is InChI=1S/C14H14BrN3O/c1-18-6-5-13(17-18)16-14(19)12-8-11(12)9-3-2-4-10(15)7-9/h2-7,11-12H,8H2,1H3,(H,16,17,19). The SMILES string of the molecule is Cn1ccc(NC(=O)C2CC2c2cccc(Br)c2)n1. The molecule has 4 nitrogen and oxygen atoms in total. The van der Waals surface area contributed by atoms with Crippen LogP contribution >= 0.6 is 15.9 Å². The summed E-state index contributed by atoms with van der Waals surface area (Å²) in [7, 11) is 1.83. The second-order valence-electron chi connectivity index (χ2n) is 4.87. The highest BCUT2D eigenvalue weighted by molar-refractivity contribution is 9.10. The molecular weight excluding hydrogens is 306 g/mol. The van der Waals surface area contributed by atoms with Crippen LogP contribution in [0.25, 0.3) is 0 Å². The molecule has 0 saturated heterocycles. The molecule has 0 radical (unpaired) electrons. The first-order valence-electron chi connectivity index (χ1n) is 6.19. The molecule has 98 valence electrons. The van der Waals surface area contributed by atoms with Crippen LogP contribution < -0.4 is 5.32 Å². The summed E-state index contributed by atoms with van der Waals surface area (Å²) in [5.74, 6) is 1.08. The lowest BCUT2D eigenvalue weighted by atomic mass is 10.1. The van der Waals surface area contributed by atoms with Crippen molar-refractivity contribution in [1.82, 2.24) is 9.78 Å². The van der Waals surface area contributed by atoms with Gasteiger partial charge in [0.2, 0.25) is 5.91 Å². The minimum absolute atomic E-state index is 0.0590. The van der Waals surface area contributed by atoms with Crippen LogP contribution in [0.3, 0.4) is 0 Å². The number of hydrogen-bond donors (Lipinski definition) is 1. The lowest BCUT2D eigenvalue weighted by Crippen LogP contribution is -2.15. The first-order chi connectivity index (χ1) is 9.13. The summed E-state index contributed by atoms with van der Waals surface area (Å²) in [5.41, 5.74) is 1.22. The number of nitrogens with one attached hydrogen (secondary N) is 1. The Kier molecular flexibility index (Phi) is 3.14. The fourth-order valence-corrected chi connectivity index (χ4v) is 2.71. The summed E-state index contributed by atoms with van der Waals surface area (Å²) in [4.78, 5) is 12.1. The predicted octanol–water partition coefficient (Wildman–Crippen LogP) is 2.92. The first kappa shape index (κ1) is 12.4. The van der Waals surface area contributed by atoms with Gasteiger partial charge < -0.3 is 5.32 Å². The van der Waals surface area contributed by atoms with Gasteiger partial charge in [-0.3, -0.25) is 9.48 Å². The Hall–Kier alpha value is -1.62. The number of halogens is 1. The second-order valence-corrected chi connectivity index (χ2v) is 5.78. The third-order valence-electron chi connectivity index (χ3n) is 3.37. The van der Waals surface area contributed by atoms with E-state index in [-0.39, 0.29) is 11.8 Å². The van der Waals surface area contributed by atoms with E-state index in [1.807, 2.05) is 25.4 Å². The van der Waals surface area contributed by atoms with Crippen molar-refractivity contribution in [3.05, 3.63) is 46.6 Å². The van der Waals surface area contributed by atoms with Crippen LogP contribution in [-0.4, -0.2) is 15.7 Å². The van der Waals surface area contributed by atoms with E-state index in [1.165, 1.54) is 5.56 Å². The van der Waals surface area contributed by atoms with Crippen LogP contribution in [0.1, 0.15) is 17.9 Å². The van der Waals surface area contributed by atoms with Crippen molar-refractivity contribution in [3.63, 3.8) is 0 Å². The lowest BCUT2D eigenvalue weighted by molar-refractivity contribution is -0.117. The molecule has 1 aromatic carbocycles. The molecule has 1 fully saturated rings. The molecule has 5 heteroatoms. The maximum Gasteiger partial charge on any atom is 0.229 e. The molecule has 3 rings (SSSR count). The van der Waals surface area contributed by atoms with Crippen molar-refractivity contribution in [2.75, 3.05) is 5.32 Å². The molecule has 1 amide bonds. The molecule has 0 bridgehead atoms. The molecule has 19 heavy (non-hydrogen) atoms. The van der Waals surface area contributed by atoms with Gasteiger partial charge in [0.1, 0.15) is 0 Å². The normalized spacial score (nSPS) is 21.2. The highest BCUT2D eigenvalue weighted by Crippen LogP contribution is 2.48. The number of nitrogens with zero attached hydrogens (tertiary/aromatic N) is 2. The Morgan fingerprint density at radius 1 is 1.47 bits per heavy atom. The third-order valence-corrected chi connectivity index (χ3v) is 3.86. The van der Waals surface area contributed by atoms with Crippen molar-refractivity contribution in [2.24, 2.45) is 13.0 Å². The van der Waals surface area contributed by atoms with Gasteiger partial charge in [-0.05, 0) is 30.0 Å². The molecule has 2 aromatic rings. The topological polar surface area (TPSA) is 46.9 Å². The number of aromatic nitrogens is 2. The molecule has 1 N–H and O–H groups in total. The Bertz CT molecular complexity index is 623. The fourth-order valence-electron chi connectivity index (χ4n) is 2.29. The van der Waals surface area contributed by atoms with Gasteiger partial charge >= 0.3 is 0 Å². The summed E-state index contributed by atoms with van der Waals surface area (Å²) >= 11 is 3.46. The van der Waals surface area contributed by atoms with E-state index >= 15 is 0 Å². The van der Waals surface area contributed by atoms with Gasteiger partial charge in [0.25, 0.3) is 0 Å². The molecule has 0 aliphatic heterocycles. The lowest BCUT2D eigenvalue weighted by Gasteiger charge is -2.02. The molecule has 1 aliphatic carbocycles. The highest BCUT2D eigenvalue weighted by Gasteiger charge is 2.44. The van der Waals surface area contributed by atoms with Crippen LogP contribution in [0.5, 0.6) is 0 Å². The number of carbonyl (C=O) groups is 1. The van der Waals surface area contributed by atoms with Gasteiger partial charge in [-0.2, -0.15) is 5.10 Å². The number of hydrogen-bond acceptors (Lipinski definition) is 2. The van der Waals surface area contributed by atoms with Crippen molar-refractivity contribution in [2.45, 2.75) is 12.3 Å². The maximum atomic E-state index is 12.1. The average Bonchev–Trinajstić information content (AvgIpc) is 3.08. The van der Waals surface area contributed by atoms with E-state index in [2.05, 4.69) is 38.5 Å². The summed E-state index contributed by atoms with van der Waals surface area (Å²) in [6.07, 6.45) is 2.73. The van der Waals surface area contributed by atoms with Crippen molar-refractivity contribution < 1.29 is 4.79 Å². The van der Waals surface area contributed by atoms with Gasteiger partial charge in [0.05, 0.1) is 0 Å². The Labute approximate surface area is 119 Å². The van der Waals surface area contributed by atoms with Crippen molar-refractivity contribution in [3.8, 4) is 0 Å². The minimum atomic E-state index is 0.0590. The molecule has 1 heterocycles. The second kappa shape index (κ2) is 4.81. The number of carbonyl (C=O) groups excluding carboxylic acids is 1. The van der Waals surface area contributed by atoms with Crippen LogP contribution in [0.15, 0.2) is 41.0 Å². The maximum absolute atomic E-state index is 12.1. The van der Waals surface area contributed by atoms with E-state index in [9.17, 15) is 4.79 Å². The highest BCUT2D eigenvalue weighted by atomic mass is 79.9. The van der Waals surface area contributed by atoms with E-state index in [4.69, 9.17) is 0 Å². The molecular formula is C14H14BrN3O. The number of anilines is 1. The minimum Gasteiger partial charge on any atom is -0.309 e. The van der Waals surface area contributed by atoms with Gasteiger partial charge in [0, 0.05) is 29.7 Å². The first-order valence-corrected chi connectivity index (χ1v) is 6.99. The number of amides is 1. The van der Waals surface area contributed by atoms with Gasteiger partial charge in [-0.1, -0.05) is 28.1 Å². The van der Waals surface area contributed by atoms with Gasteiger partial charge in [-0.25, -0.2) is 0 Å². The smallest absolute Gasteiger partial charge is 0.229 e. The molecule has 1 aliphatic rings. The molecule has 2 atom stereocenters. The summed E-state index contributed by atoms with van der Waals surface area (Å²) in [6.45, 7) is 0. The predicted molar refractivity (Wildman–Crippen MR) is 76.8 cm³/mol. The Morgan fingerprint density at radius 3 is 3.00 bits per heavy atom. The third kappa shape index (κ3) is 2.71. The quantitative estimate of drug-likeness (QED) is 0.945. The van der Waals surface area contributed by atoms with E-state index in [0.29, 0.717) is 11.7 Å². The van der Waals surface area contributed by atoms with E-state index < -0.39 is 0 Å². The molecule has 2 unspecified atom stereocenters.